The molecule has 2 rings (SSSR count). The normalized spacial score (nSPS) is 14.4. The second-order valence-electron chi connectivity index (χ2n) is 5.72. The lowest BCUT2D eigenvalue weighted by Gasteiger charge is -2.19. The van der Waals surface area contributed by atoms with Gasteiger partial charge in [-0.15, -0.1) is 0 Å². The lowest BCUT2D eigenvalue weighted by molar-refractivity contribution is 0.0779. The van der Waals surface area contributed by atoms with Gasteiger partial charge >= 0.3 is 0 Å². The Morgan fingerprint density at radius 1 is 1.50 bits per heavy atom. The highest BCUT2D eigenvalue weighted by molar-refractivity contribution is 5.97. The van der Waals surface area contributed by atoms with E-state index in [4.69, 9.17) is 0 Å². The maximum absolute atomic E-state index is 12.6. The van der Waals surface area contributed by atoms with E-state index in [0.717, 1.165) is 37.3 Å². The third kappa shape index (κ3) is 3.26. The second kappa shape index (κ2) is 6.20. The minimum atomic E-state index is -0.00426. The number of aromatic nitrogens is 2. The molecule has 1 fully saturated rings. The Kier molecular flexibility index (Phi) is 4.57. The molecule has 0 radical (unpaired) electrons. The molecule has 0 unspecified atom stereocenters. The Balaban J connectivity index is 2.29. The summed E-state index contributed by atoms with van der Waals surface area (Å²) in [6.07, 6.45) is 4.94. The molecule has 0 atom stereocenters. The van der Waals surface area contributed by atoms with Gasteiger partial charge in [-0.1, -0.05) is 20.8 Å². The fourth-order valence-corrected chi connectivity index (χ4v) is 2.02. The van der Waals surface area contributed by atoms with Crippen molar-refractivity contribution in [1.82, 2.24) is 14.9 Å². The number of rotatable bonds is 6. The fourth-order valence-electron chi connectivity index (χ4n) is 2.02. The molecule has 0 spiro atoms. The SMILES string of the molecule is CCCNc1cnc(C(C)C)nc1C(=O)N(C)C1CC1. The van der Waals surface area contributed by atoms with E-state index in [0.29, 0.717) is 11.7 Å². The zero-order valence-corrected chi connectivity index (χ0v) is 12.8. The van der Waals surface area contributed by atoms with Crippen LogP contribution in [0.5, 0.6) is 0 Å². The molecule has 5 nitrogen and oxygen atoms in total. The molecule has 110 valence electrons. The molecule has 1 aromatic heterocycles. The van der Waals surface area contributed by atoms with Crippen LogP contribution in [0.4, 0.5) is 5.69 Å². The molecule has 0 aromatic carbocycles. The molecule has 1 aliphatic carbocycles. The van der Waals surface area contributed by atoms with Gasteiger partial charge in [-0.2, -0.15) is 0 Å². The first-order valence-corrected chi connectivity index (χ1v) is 7.42. The number of nitrogens with zero attached hydrogens (tertiary/aromatic N) is 3. The van der Waals surface area contributed by atoms with Crippen molar-refractivity contribution in [3.05, 3.63) is 17.7 Å². The molecule has 5 heteroatoms. The summed E-state index contributed by atoms with van der Waals surface area (Å²) in [6.45, 7) is 6.98. The van der Waals surface area contributed by atoms with Gasteiger partial charge in [0.1, 0.15) is 5.82 Å². The molecule has 1 heterocycles. The van der Waals surface area contributed by atoms with Gasteiger partial charge in [0, 0.05) is 25.6 Å². The highest BCUT2D eigenvalue weighted by Gasteiger charge is 2.32. The number of anilines is 1. The van der Waals surface area contributed by atoms with Crippen molar-refractivity contribution in [3.63, 3.8) is 0 Å². The van der Waals surface area contributed by atoms with E-state index in [1.807, 2.05) is 25.8 Å². The lowest BCUT2D eigenvalue weighted by atomic mass is 10.2. The summed E-state index contributed by atoms with van der Waals surface area (Å²) in [5.74, 6) is 0.933. The molecule has 1 aromatic rings. The summed E-state index contributed by atoms with van der Waals surface area (Å²) in [7, 11) is 1.86. The third-order valence-electron chi connectivity index (χ3n) is 3.51. The van der Waals surface area contributed by atoms with Crippen molar-refractivity contribution < 1.29 is 4.79 Å². The summed E-state index contributed by atoms with van der Waals surface area (Å²) in [5.41, 5.74) is 1.25. The zero-order valence-electron chi connectivity index (χ0n) is 12.8. The van der Waals surface area contributed by atoms with Crippen LogP contribution in [0.3, 0.4) is 0 Å². The van der Waals surface area contributed by atoms with Crippen molar-refractivity contribution in [1.29, 1.82) is 0 Å². The van der Waals surface area contributed by atoms with Crippen LogP contribution in [-0.2, 0) is 0 Å². The van der Waals surface area contributed by atoms with Gasteiger partial charge in [-0.25, -0.2) is 9.97 Å². The Morgan fingerprint density at radius 3 is 2.75 bits per heavy atom. The molecule has 20 heavy (non-hydrogen) atoms. The third-order valence-corrected chi connectivity index (χ3v) is 3.51. The van der Waals surface area contributed by atoms with Crippen LogP contribution >= 0.6 is 0 Å². The highest BCUT2D eigenvalue weighted by atomic mass is 16.2. The smallest absolute Gasteiger partial charge is 0.274 e. The first-order chi connectivity index (χ1) is 9.54. The standard InChI is InChI=1S/C15H24N4O/c1-5-8-16-12-9-17-14(10(2)3)18-13(12)15(20)19(4)11-6-7-11/h9-11,16H,5-8H2,1-4H3. The van der Waals surface area contributed by atoms with Gasteiger partial charge in [-0.3, -0.25) is 4.79 Å². The van der Waals surface area contributed by atoms with Crippen molar-refractivity contribution in [2.75, 3.05) is 18.9 Å². The minimum absolute atomic E-state index is 0.00426. The fraction of sp³-hybridized carbons (Fsp3) is 0.667. The van der Waals surface area contributed by atoms with E-state index >= 15 is 0 Å². The summed E-state index contributed by atoms with van der Waals surface area (Å²) in [4.78, 5) is 23.2. The average Bonchev–Trinajstić information content (AvgIpc) is 3.27. The first-order valence-electron chi connectivity index (χ1n) is 7.42. The van der Waals surface area contributed by atoms with Crippen molar-refractivity contribution >= 4 is 11.6 Å². The number of amides is 1. The number of carbonyl (C=O) groups excluding carboxylic acids is 1. The second-order valence-corrected chi connectivity index (χ2v) is 5.72. The monoisotopic (exact) mass is 276 g/mol. The lowest BCUT2D eigenvalue weighted by Crippen LogP contribution is -2.30. The summed E-state index contributed by atoms with van der Waals surface area (Å²) < 4.78 is 0. The molecule has 0 saturated heterocycles. The molecular formula is C15H24N4O. The van der Waals surface area contributed by atoms with Gasteiger partial charge in [-0.05, 0) is 19.3 Å². The number of hydrogen-bond donors (Lipinski definition) is 1. The van der Waals surface area contributed by atoms with E-state index in [1.54, 1.807) is 6.20 Å². The molecule has 1 saturated carbocycles. The van der Waals surface area contributed by atoms with Crippen LogP contribution in [0.25, 0.3) is 0 Å². The maximum atomic E-state index is 12.6. The maximum Gasteiger partial charge on any atom is 0.274 e. The van der Waals surface area contributed by atoms with Gasteiger partial charge in [0.05, 0.1) is 11.9 Å². The van der Waals surface area contributed by atoms with Gasteiger partial charge < -0.3 is 10.2 Å². The summed E-state index contributed by atoms with van der Waals surface area (Å²) in [6, 6.07) is 0.388. The Hall–Kier alpha value is -1.65. The average molecular weight is 276 g/mol. The van der Waals surface area contributed by atoms with Gasteiger partial charge in [0.15, 0.2) is 5.69 Å². The van der Waals surface area contributed by atoms with Crippen molar-refractivity contribution in [3.8, 4) is 0 Å². The quantitative estimate of drug-likeness (QED) is 0.868. The van der Waals surface area contributed by atoms with Crippen molar-refractivity contribution in [2.45, 2.75) is 52.0 Å². The van der Waals surface area contributed by atoms with E-state index < -0.39 is 0 Å². The van der Waals surface area contributed by atoms with E-state index in [2.05, 4.69) is 22.2 Å². The summed E-state index contributed by atoms with van der Waals surface area (Å²) in [5, 5.41) is 3.25. The van der Waals surface area contributed by atoms with Crippen LogP contribution in [-0.4, -0.2) is 40.4 Å². The number of hydrogen-bond acceptors (Lipinski definition) is 4. The Morgan fingerprint density at radius 2 is 2.20 bits per heavy atom. The molecule has 1 amide bonds. The van der Waals surface area contributed by atoms with Crippen LogP contribution in [0.2, 0.25) is 0 Å². The van der Waals surface area contributed by atoms with Crippen molar-refractivity contribution in [2.24, 2.45) is 0 Å². The van der Waals surface area contributed by atoms with Gasteiger partial charge in [0.25, 0.3) is 5.91 Å². The van der Waals surface area contributed by atoms with E-state index in [-0.39, 0.29) is 11.8 Å². The van der Waals surface area contributed by atoms with Crippen LogP contribution in [0.1, 0.15) is 62.3 Å². The highest BCUT2D eigenvalue weighted by Crippen LogP contribution is 2.28. The van der Waals surface area contributed by atoms with E-state index in [9.17, 15) is 4.79 Å². The topological polar surface area (TPSA) is 58.1 Å². The van der Waals surface area contributed by atoms with E-state index in [1.165, 1.54) is 0 Å². The largest absolute Gasteiger partial charge is 0.382 e. The molecular weight excluding hydrogens is 252 g/mol. The summed E-state index contributed by atoms with van der Waals surface area (Å²) >= 11 is 0. The number of carbonyl (C=O) groups is 1. The minimum Gasteiger partial charge on any atom is -0.382 e. The van der Waals surface area contributed by atoms with Crippen LogP contribution in [0.15, 0.2) is 6.20 Å². The van der Waals surface area contributed by atoms with Crippen LogP contribution in [0, 0.1) is 0 Å². The van der Waals surface area contributed by atoms with Gasteiger partial charge in [0.2, 0.25) is 0 Å². The predicted octanol–water partition coefficient (Wildman–Crippen LogP) is 2.66. The molecule has 1 aliphatic rings. The predicted molar refractivity (Wildman–Crippen MR) is 80.0 cm³/mol. The molecule has 0 aliphatic heterocycles. The molecule has 1 N–H and O–H groups in total. The number of nitrogens with one attached hydrogen (secondary N) is 1. The zero-order chi connectivity index (χ0) is 14.7. The van der Waals surface area contributed by atoms with Crippen LogP contribution < -0.4 is 5.32 Å². The Labute approximate surface area is 120 Å². The molecule has 0 bridgehead atoms. The first kappa shape index (κ1) is 14.8. The Bertz CT molecular complexity index is 483.